The van der Waals surface area contributed by atoms with Crippen LogP contribution >= 0.6 is 0 Å². The van der Waals surface area contributed by atoms with E-state index in [1.54, 1.807) is 0 Å². The van der Waals surface area contributed by atoms with E-state index in [2.05, 4.69) is 36.9 Å². The second-order valence-electron chi connectivity index (χ2n) is 4.50. The van der Waals surface area contributed by atoms with Gasteiger partial charge in [0.1, 0.15) is 5.75 Å². The van der Waals surface area contributed by atoms with Gasteiger partial charge in [-0.05, 0) is 30.9 Å². The lowest BCUT2D eigenvalue weighted by Gasteiger charge is -2.11. The van der Waals surface area contributed by atoms with Gasteiger partial charge in [-0.3, -0.25) is 0 Å². The molecule has 0 spiro atoms. The third-order valence-corrected chi connectivity index (χ3v) is 3.03. The Balaban J connectivity index is 2.03. The Labute approximate surface area is 115 Å². The number of unbranched alkanes of at least 4 members (excludes halogenated alkanes) is 2. The summed E-state index contributed by atoms with van der Waals surface area (Å²) in [5, 5.41) is 0. The maximum atomic E-state index is 5.90. The quantitative estimate of drug-likeness (QED) is 0.492. The van der Waals surface area contributed by atoms with Gasteiger partial charge in [0.15, 0.2) is 0 Å². The average Bonchev–Trinajstić information content (AvgIpc) is 2.48. The van der Waals surface area contributed by atoms with Crippen LogP contribution < -0.4 is 4.74 Å². The molecule has 2 aromatic carbocycles. The van der Waals surface area contributed by atoms with Gasteiger partial charge in [-0.25, -0.2) is 0 Å². The lowest BCUT2D eigenvalue weighted by atomic mass is 10.1. The van der Waals surface area contributed by atoms with E-state index < -0.39 is 0 Å². The molecule has 0 aliphatic rings. The fraction of sp³-hybridized carbons (Fsp3) is 0.222. The summed E-state index contributed by atoms with van der Waals surface area (Å²) in [4.78, 5) is 0. The van der Waals surface area contributed by atoms with E-state index in [9.17, 15) is 0 Å². The van der Waals surface area contributed by atoms with Gasteiger partial charge in [-0.15, -0.1) is 6.58 Å². The van der Waals surface area contributed by atoms with Crippen molar-refractivity contribution < 1.29 is 4.74 Å². The van der Waals surface area contributed by atoms with E-state index in [1.165, 1.54) is 5.56 Å². The zero-order chi connectivity index (χ0) is 13.3. The van der Waals surface area contributed by atoms with Gasteiger partial charge in [-0.2, -0.15) is 0 Å². The molecule has 0 fully saturated rings. The molecule has 0 bridgehead atoms. The van der Waals surface area contributed by atoms with E-state index in [1.807, 2.05) is 30.3 Å². The highest BCUT2D eigenvalue weighted by atomic mass is 16.5. The molecule has 0 aromatic heterocycles. The van der Waals surface area contributed by atoms with Crippen molar-refractivity contribution in [2.24, 2.45) is 0 Å². The molecule has 0 heterocycles. The van der Waals surface area contributed by atoms with Crippen molar-refractivity contribution in [3.63, 3.8) is 0 Å². The largest absolute Gasteiger partial charge is 0.493 e. The van der Waals surface area contributed by atoms with Gasteiger partial charge >= 0.3 is 0 Å². The minimum absolute atomic E-state index is 0.762. The summed E-state index contributed by atoms with van der Waals surface area (Å²) in [7, 11) is 0. The minimum Gasteiger partial charge on any atom is -0.493 e. The second-order valence-corrected chi connectivity index (χ2v) is 4.50. The van der Waals surface area contributed by atoms with E-state index in [-0.39, 0.29) is 0 Å². The van der Waals surface area contributed by atoms with Crippen LogP contribution in [0.4, 0.5) is 0 Å². The van der Waals surface area contributed by atoms with Crippen LogP contribution in [0.15, 0.2) is 67.3 Å². The van der Waals surface area contributed by atoms with E-state index in [0.717, 1.165) is 37.2 Å². The molecule has 98 valence electrons. The van der Waals surface area contributed by atoms with E-state index in [4.69, 9.17) is 4.74 Å². The molecule has 1 nitrogen and oxygen atoms in total. The standard InChI is InChI=1S/C18H20O/c1-2-3-4-10-15-19-18-14-9-8-13-17(18)16-11-6-5-7-12-16/h2,5-9,11-14H,1,3-4,10,15H2. The highest BCUT2D eigenvalue weighted by molar-refractivity contribution is 5.70. The van der Waals surface area contributed by atoms with Gasteiger partial charge in [0.05, 0.1) is 6.61 Å². The maximum absolute atomic E-state index is 5.90. The molecule has 19 heavy (non-hydrogen) atoms. The number of rotatable bonds is 7. The number of hydrogen-bond donors (Lipinski definition) is 0. The number of allylic oxidation sites excluding steroid dienone is 1. The number of ether oxygens (including phenoxy) is 1. The van der Waals surface area contributed by atoms with Crippen LogP contribution in [-0.4, -0.2) is 6.61 Å². The van der Waals surface area contributed by atoms with Crippen LogP contribution in [0, 0.1) is 0 Å². The Bertz CT molecular complexity index is 502. The predicted octanol–water partition coefficient (Wildman–Crippen LogP) is 5.09. The topological polar surface area (TPSA) is 9.23 Å². The van der Waals surface area contributed by atoms with Crippen LogP contribution in [0.5, 0.6) is 5.75 Å². The molecule has 2 rings (SSSR count). The first-order chi connectivity index (χ1) is 9.42. The Kier molecular flexibility index (Phi) is 5.24. The lowest BCUT2D eigenvalue weighted by molar-refractivity contribution is 0.308. The highest BCUT2D eigenvalue weighted by Crippen LogP contribution is 2.29. The van der Waals surface area contributed by atoms with Crippen LogP contribution in [0.25, 0.3) is 11.1 Å². The van der Waals surface area contributed by atoms with Gasteiger partial charge in [-0.1, -0.05) is 54.6 Å². The summed E-state index contributed by atoms with van der Waals surface area (Å²) < 4.78 is 5.90. The van der Waals surface area contributed by atoms with Crippen molar-refractivity contribution in [3.8, 4) is 16.9 Å². The predicted molar refractivity (Wildman–Crippen MR) is 81.4 cm³/mol. The molecule has 0 aliphatic carbocycles. The molecule has 0 radical (unpaired) electrons. The van der Waals surface area contributed by atoms with Gasteiger partial charge in [0, 0.05) is 5.56 Å². The summed E-state index contributed by atoms with van der Waals surface area (Å²) in [5.74, 6) is 0.965. The fourth-order valence-electron chi connectivity index (χ4n) is 2.02. The molecular weight excluding hydrogens is 232 g/mol. The van der Waals surface area contributed by atoms with Gasteiger partial charge in [0.25, 0.3) is 0 Å². The molecule has 0 atom stereocenters. The van der Waals surface area contributed by atoms with Crippen molar-refractivity contribution >= 4 is 0 Å². The molecule has 0 saturated carbocycles. The Morgan fingerprint density at radius 3 is 2.42 bits per heavy atom. The zero-order valence-electron chi connectivity index (χ0n) is 11.2. The van der Waals surface area contributed by atoms with Crippen LogP contribution in [0.2, 0.25) is 0 Å². The van der Waals surface area contributed by atoms with Crippen molar-refractivity contribution in [2.75, 3.05) is 6.61 Å². The second kappa shape index (κ2) is 7.42. The number of hydrogen-bond acceptors (Lipinski definition) is 1. The molecule has 0 unspecified atom stereocenters. The van der Waals surface area contributed by atoms with Gasteiger partial charge < -0.3 is 4.74 Å². The number of para-hydroxylation sites is 1. The van der Waals surface area contributed by atoms with E-state index in [0.29, 0.717) is 0 Å². The van der Waals surface area contributed by atoms with Crippen LogP contribution in [0.1, 0.15) is 19.3 Å². The SMILES string of the molecule is C=CCCCCOc1ccccc1-c1ccccc1. The Hall–Kier alpha value is -2.02. The molecule has 1 heteroatoms. The first-order valence-electron chi connectivity index (χ1n) is 6.80. The minimum atomic E-state index is 0.762. The molecule has 0 N–H and O–H groups in total. The van der Waals surface area contributed by atoms with Crippen molar-refractivity contribution in [1.82, 2.24) is 0 Å². The first-order valence-corrected chi connectivity index (χ1v) is 6.80. The smallest absolute Gasteiger partial charge is 0.127 e. The first kappa shape index (κ1) is 13.4. The highest BCUT2D eigenvalue weighted by Gasteiger charge is 2.04. The molecule has 0 aliphatic heterocycles. The van der Waals surface area contributed by atoms with Crippen LogP contribution in [-0.2, 0) is 0 Å². The molecular formula is C18H20O. The maximum Gasteiger partial charge on any atom is 0.127 e. The van der Waals surface area contributed by atoms with Crippen molar-refractivity contribution in [1.29, 1.82) is 0 Å². The lowest BCUT2D eigenvalue weighted by Crippen LogP contribution is -1.98. The summed E-state index contributed by atoms with van der Waals surface area (Å²) in [6.45, 7) is 4.49. The normalized spacial score (nSPS) is 10.1. The Morgan fingerprint density at radius 2 is 1.63 bits per heavy atom. The summed E-state index contributed by atoms with van der Waals surface area (Å²) in [6.07, 6.45) is 5.22. The zero-order valence-corrected chi connectivity index (χ0v) is 11.2. The van der Waals surface area contributed by atoms with Crippen LogP contribution in [0.3, 0.4) is 0 Å². The van der Waals surface area contributed by atoms with Gasteiger partial charge in [0.2, 0.25) is 0 Å². The molecule has 0 saturated heterocycles. The third-order valence-electron chi connectivity index (χ3n) is 3.03. The summed E-state index contributed by atoms with van der Waals surface area (Å²) in [5.41, 5.74) is 2.36. The number of benzene rings is 2. The third kappa shape index (κ3) is 3.99. The molecule has 0 amide bonds. The fourth-order valence-corrected chi connectivity index (χ4v) is 2.02. The molecule has 2 aromatic rings. The Morgan fingerprint density at radius 1 is 0.895 bits per heavy atom. The van der Waals surface area contributed by atoms with Crippen molar-refractivity contribution in [2.45, 2.75) is 19.3 Å². The van der Waals surface area contributed by atoms with Crippen molar-refractivity contribution in [3.05, 3.63) is 67.3 Å². The summed E-state index contributed by atoms with van der Waals surface area (Å²) in [6, 6.07) is 18.6. The monoisotopic (exact) mass is 252 g/mol. The summed E-state index contributed by atoms with van der Waals surface area (Å²) >= 11 is 0. The van der Waals surface area contributed by atoms with E-state index >= 15 is 0 Å². The average molecular weight is 252 g/mol.